The Labute approximate surface area is 107 Å². The van der Waals surface area contributed by atoms with Gasteiger partial charge in [-0.3, -0.25) is 9.59 Å². The van der Waals surface area contributed by atoms with Crippen LogP contribution in [0.3, 0.4) is 0 Å². The predicted octanol–water partition coefficient (Wildman–Crippen LogP) is 1.86. The van der Waals surface area contributed by atoms with Crippen LogP contribution in [0.5, 0.6) is 0 Å². The fraction of sp³-hybridized carbons (Fsp3) is 0.571. The summed E-state index contributed by atoms with van der Waals surface area (Å²) in [5.74, 6) is -0.632. The maximum absolute atomic E-state index is 12.0. The van der Waals surface area contributed by atoms with Crippen LogP contribution in [0.2, 0.25) is 0 Å². The van der Waals surface area contributed by atoms with Crippen molar-refractivity contribution in [1.29, 1.82) is 0 Å². The van der Waals surface area contributed by atoms with Crippen LogP contribution in [-0.4, -0.2) is 26.2 Å². The first-order valence-corrected chi connectivity index (χ1v) is 6.06. The van der Waals surface area contributed by atoms with Gasteiger partial charge in [0.1, 0.15) is 0 Å². The van der Waals surface area contributed by atoms with Crippen molar-refractivity contribution < 1.29 is 19.1 Å². The van der Waals surface area contributed by atoms with Gasteiger partial charge in [-0.15, -0.1) is 0 Å². The Hall–Kier alpha value is -1.58. The van der Waals surface area contributed by atoms with Gasteiger partial charge in [0.25, 0.3) is 0 Å². The van der Waals surface area contributed by atoms with Gasteiger partial charge in [0.2, 0.25) is 0 Å². The van der Waals surface area contributed by atoms with E-state index in [1.54, 1.807) is 0 Å². The summed E-state index contributed by atoms with van der Waals surface area (Å²) in [7, 11) is 2.61. The van der Waals surface area contributed by atoms with Crippen LogP contribution in [0.25, 0.3) is 0 Å². The largest absolute Gasteiger partial charge is 0.468 e. The molecule has 0 spiro atoms. The van der Waals surface area contributed by atoms with Gasteiger partial charge in [-0.05, 0) is 31.1 Å². The Kier molecular flexibility index (Phi) is 3.28. The highest BCUT2D eigenvalue weighted by atomic mass is 16.5. The van der Waals surface area contributed by atoms with Crippen molar-refractivity contribution in [1.82, 2.24) is 0 Å². The summed E-state index contributed by atoms with van der Waals surface area (Å²) >= 11 is 0. The lowest BCUT2D eigenvalue weighted by molar-refractivity contribution is -0.168. The average Bonchev–Trinajstić information content (AvgIpc) is 2.79. The zero-order chi connectivity index (χ0) is 13.3. The zero-order valence-electron chi connectivity index (χ0n) is 10.8. The summed E-state index contributed by atoms with van der Waals surface area (Å²) in [6.45, 7) is 4.04. The molecule has 18 heavy (non-hydrogen) atoms. The van der Waals surface area contributed by atoms with Gasteiger partial charge in [0, 0.05) is 0 Å². The summed E-state index contributed by atoms with van der Waals surface area (Å²) in [5.41, 5.74) is -0.0756. The summed E-state index contributed by atoms with van der Waals surface area (Å²) in [6, 6.07) is 0. The van der Waals surface area contributed by atoms with E-state index in [0.29, 0.717) is 12.8 Å². The van der Waals surface area contributed by atoms with Gasteiger partial charge >= 0.3 is 11.9 Å². The van der Waals surface area contributed by atoms with Crippen molar-refractivity contribution in [2.75, 3.05) is 14.2 Å². The predicted molar refractivity (Wildman–Crippen MR) is 65.6 cm³/mol. The van der Waals surface area contributed by atoms with Crippen LogP contribution in [0.1, 0.15) is 19.3 Å². The molecule has 2 atom stereocenters. The highest BCUT2D eigenvalue weighted by molar-refractivity contribution is 6.00. The van der Waals surface area contributed by atoms with E-state index in [9.17, 15) is 9.59 Å². The number of carbonyl (C=O) groups is 2. The molecule has 1 saturated carbocycles. The highest BCUT2D eigenvalue weighted by Crippen LogP contribution is 2.52. The minimum atomic E-state index is -1.16. The molecular weight excluding hydrogens is 232 g/mol. The molecule has 2 rings (SSSR count). The third-order valence-corrected chi connectivity index (χ3v) is 4.11. The fourth-order valence-electron chi connectivity index (χ4n) is 3.16. The van der Waals surface area contributed by atoms with Crippen molar-refractivity contribution in [3.8, 4) is 0 Å². The lowest BCUT2D eigenvalue weighted by Crippen LogP contribution is -2.39. The second kappa shape index (κ2) is 4.59. The first-order chi connectivity index (χ1) is 8.55. The highest BCUT2D eigenvalue weighted by Gasteiger charge is 2.57. The van der Waals surface area contributed by atoms with E-state index < -0.39 is 17.4 Å². The lowest BCUT2D eigenvalue weighted by atomic mass is 9.82. The van der Waals surface area contributed by atoms with E-state index >= 15 is 0 Å². The van der Waals surface area contributed by atoms with Crippen molar-refractivity contribution >= 4 is 11.9 Å². The van der Waals surface area contributed by atoms with Crippen molar-refractivity contribution in [3.63, 3.8) is 0 Å². The third-order valence-electron chi connectivity index (χ3n) is 4.11. The maximum Gasteiger partial charge on any atom is 0.323 e. The molecule has 0 amide bonds. The molecule has 2 unspecified atom stereocenters. The topological polar surface area (TPSA) is 52.6 Å². The second-order valence-electron chi connectivity index (χ2n) is 5.03. The number of hydrogen-bond acceptors (Lipinski definition) is 4. The number of methoxy groups -OCH3 is 2. The molecule has 2 aliphatic carbocycles. The molecule has 2 aliphatic rings. The van der Waals surface area contributed by atoms with Gasteiger partial charge in [0.05, 0.1) is 14.2 Å². The van der Waals surface area contributed by atoms with Crippen molar-refractivity contribution in [2.45, 2.75) is 19.3 Å². The number of hydrogen-bond donors (Lipinski definition) is 0. The molecule has 0 aromatic rings. The van der Waals surface area contributed by atoms with Gasteiger partial charge in [-0.1, -0.05) is 24.3 Å². The molecule has 0 bridgehead atoms. The SMILES string of the molecule is C=C1CC=CC2CC(C(=O)OC)(C(=O)OC)CC12. The monoisotopic (exact) mass is 250 g/mol. The van der Waals surface area contributed by atoms with E-state index in [4.69, 9.17) is 9.47 Å². The molecule has 1 fully saturated rings. The minimum absolute atomic E-state index is 0.174. The molecule has 0 aromatic carbocycles. The zero-order valence-corrected chi connectivity index (χ0v) is 10.8. The van der Waals surface area contributed by atoms with Gasteiger partial charge in [-0.25, -0.2) is 0 Å². The Balaban J connectivity index is 2.35. The van der Waals surface area contributed by atoms with Crippen LogP contribution in [-0.2, 0) is 19.1 Å². The Morgan fingerprint density at radius 3 is 2.39 bits per heavy atom. The van der Waals surface area contributed by atoms with Crippen LogP contribution in [0.4, 0.5) is 0 Å². The fourth-order valence-corrected chi connectivity index (χ4v) is 3.16. The first kappa shape index (κ1) is 12.9. The normalized spacial score (nSPS) is 28.7. The van der Waals surface area contributed by atoms with Crippen LogP contribution < -0.4 is 0 Å². The summed E-state index contributed by atoms with van der Waals surface area (Å²) < 4.78 is 9.62. The van der Waals surface area contributed by atoms with Crippen LogP contribution >= 0.6 is 0 Å². The molecule has 0 aliphatic heterocycles. The molecule has 0 aromatic heterocycles. The van der Waals surface area contributed by atoms with Gasteiger partial charge in [-0.2, -0.15) is 0 Å². The Bertz CT molecular complexity index is 406. The van der Waals surface area contributed by atoms with E-state index in [2.05, 4.69) is 12.7 Å². The summed E-state index contributed by atoms with van der Waals surface area (Å²) in [6.07, 6.45) is 5.84. The van der Waals surface area contributed by atoms with Gasteiger partial charge in [0.15, 0.2) is 5.41 Å². The third kappa shape index (κ3) is 1.76. The first-order valence-electron chi connectivity index (χ1n) is 6.06. The smallest absolute Gasteiger partial charge is 0.323 e. The molecule has 0 radical (unpaired) electrons. The number of esters is 2. The van der Waals surface area contributed by atoms with E-state index in [-0.39, 0.29) is 11.8 Å². The Morgan fingerprint density at radius 1 is 1.28 bits per heavy atom. The van der Waals surface area contributed by atoms with Gasteiger partial charge < -0.3 is 9.47 Å². The molecule has 0 heterocycles. The molecule has 4 heteroatoms. The van der Waals surface area contributed by atoms with E-state index in [1.165, 1.54) is 14.2 Å². The van der Waals surface area contributed by atoms with E-state index in [1.807, 2.05) is 6.08 Å². The molecule has 4 nitrogen and oxygen atoms in total. The number of carbonyl (C=O) groups excluding carboxylic acids is 2. The molecular formula is C14H18O4. The quantitative estimate of drug-likeness (QED) is 0.426. The average molecular weight is 250 g/mol. The molecule has 98 valence electrons. The number of fused-ring (bicyclic) bond motifs is 1. The van der Waals surface area contributed by atoms with Crippen molar-refractivity contribution in [3.05, 3.63) is 24.3 Å². The molecule has 0 saturated heterocycles. The Morgan fingerprint density at radius 2 is 1.89 bits per heavy atom. The number of rotatable bonds is 2. The lowest BCUT2D eigenvalue weighted by Gasteiger charge is -2.23. The standard InChI is InChI=1S/C14H18O4/c1-9-5-4-6-10-7-14(8-11(9)10,12(15)17-2)13(16)18-3/h4,6,10-11H,1,5,7-8H2,2-3H3. The maximum atomic E-state index is 12.0. The number of allylic oxidation sites excluding steroid dienone is 3. The summed E-state index contributed by atoms with van der Waals surface area (Å²) in [5, 5.41) is 0. The minimum Gasteiger partial charge on any atom is -0.468 e. The van der Waals surface area contributed by atoms with Crippen molar-refractivity contribution in [2.24, 2.45) is 17.3 Å². The second-order valence-corrected chi connectivity index (χ2v) is 5.03. The van der Waals surface area contributed by atoms with Crippen LogP contribution in [0.15, 0.2) is 24.3 Å². The number of ether oxygens (including phenoxy) is 2. The molecule has 0 N–H and O–H groups in total. The van der Waals surface area contributed by atoms with Crippen LogP contribution in [0, 0.1) is 17.3 Å². The summed E-state index contributed by atoms with van der Waals surface area (Å²) in [4.78, 5) is 24.0. The van der Waals surface area contributed by atoms with E-state index in [0.717, 1.165) is 12.0 Å².